The molecule has 0 radical (unpaired) electrons. The third-order valence-corrected chi connectivity index (χ3v) is 2.65. The van der Waals surface area contributed by atoms with Crippen LogP contribution in [0.25, 0.3) is 0 Å². The maximum Gasteiger partial charge on any atom is -0.0132 e. The van der Waals surface area contributed by atoms with E-state index >= 15 is 0 Å². The van der Waals surface area contributed by atoms with Crippen LogP contribution in [0.5, 0.6) is 0 Å². The summed E-state index contributed by atoms with van der Waals surface area (Å²) in [5, 5.41) is 0. The molecule has 0 saturated heterocycles. The van der Waals surface area contributed by atoms with E-state index in [0.29, 0.717) is 0 Å². The Hall–Kier alpha value is -0.520. The van der Waals surface area contributed by atoms with Crippen LogP contribution in [0, 0.1) is 5.92 Å². The van der Waals surface area contributed by atoms with Crippen LogP contribution >= 0.6 is 0 Å². The van der Waals surface area contributed by atoms with Gasteiger partial charge in [-0.3, -0.25) is 0 Å². The van der Waals surface area contributed by atoms with E-state index in [1.807, 2.05) is 0 Å². The summed E-state index contributed by atoms with van der Waals surface area (Å²) in [5.41, 5.74) is 3.17. The summed E-state index contributed by atoms with van der Waals surface area (Å²) in [4.78, 5) is 0. The minimum atomic E-state index is 0.942. The van der Waals surface area contributed by atoms with Gasteiger partial charge in [-0.2, -0.15) is 0 Å². The van der Waals surface area contributed by atoms with Crippen molar-refractivity contribution in [2.24, 2.45) is 5.92 Å². The van der Waals surface area contributed by atoms with Crippen LogP contribution in [-0.4, -0.2) is 0 Å². The van der Waals surface area contributed by atoms with Gasteiger partial charge in [0.05, 0.1) is 0 Å². The molecule has 54 valence electrons. The first-order chi connectivity index (χ1) is 4.86. The predicted octanol–water partition coefficient (Wildman–Crippen LogP) is 3.06. The van der Waals surface area contributed by atoms with Crippen LogP contribution in [0.3, 0.4) is 0 Å². The molecule has 0 nitrogen and oxygen atoms in total. The molecule has 2 aliphatic carbocycles. The lowest BCUT2D eigenvalue weighted by Gasteiger charge is -2.25. The first kappa shape index (κ1) is 6.21. The molecule has 0 heteroatoms. The smallest absolute Gasteiger partial charge is 0.0132 e. The Kier molecular flexibility index (Phi) is 1.40. The summed E-state index contributed by atoms with van der Waals surface area (Å²) in [7, 11) is 0. The maximum atomic E-state index is 2.40. The van der Waals surface area contributed by atoms with Gasteiger partial charge in [-0.05, 0) is 37.7 Å². The van der Waals surface area contributed by atoms with Gasteiger partial charge in [-0.1, -0.05) is 24.1 Å². The maximum absolute atomic E-state index is 2.40. The van der Waals surface area contributed by atoms with Crippen LogP contribution in [0.2, 0.25) is 0 Å². The van der Waals surface area contributed by atoms with Gasteiger partial charge in [-0.25, -0.2) is 0 Å². The van der Waals surface area contributed by atoms with Crippen molar-refractivity contribution in [2.45, 2.75) is 32.6 Å². The molecule has 1 fully saturated rings. The van der Waals surface area contributed by atoms with Gasteiger partial charge in [0.2, 0.25) is 0 Å². The lowest BCUT2D eigenvalue weighted by molar-refractivity contribution is 0.374. The fourth-order valence-corrected chi connectivity index (χ4v) is 1.71. The molecule has 0 aromatic heterocycles. The summed E-state index contributed by atoms with van der Waals surface area (Å²) >= 11 is 0. The second-order valence-corrected chi connectivity index (χ2v) is 3.53. The van der Waals surface area contributed by atoms with Crippen molar-refractivity contribution in [1.82, 2.24) is 0 Å². The van der Waals surface area contributed by atoms with Crippen molar-refractivity contribution in [2.75, 3.05) is 0 Å². The van der Waals surface area contributed by atoms with E-state index < -0.39 is 0 Å². The average Bonchev–Trinajstić information content (AvgIpc) is 2.10. The minimum absolute atomic E-state index is 0.942. The van der Waals surface area contributed by atoms with Crippen LogP contribution in [0.1, 0.15) is 32.6 Å². The lowest BCUT2D eigenvalue weighted by Crippen LogP contribution is -2.11. The molecule has 0 N–H and O–H groups in total. The fourth-order valence-electron chi connectivity index (χ4n) is 1.71. The zero-order chi connectivity index (χ0) is 6.97. The molecular weight excluding hydrogens is 120 g/mol. The van der Waals surface area contributed by atoms with Crippen LogP contribution < -0.4 is 0 Å². The molecule has 0 aliphatic heterocycles. The lowest BCUT2D eigenvalue weighted by atomic mass is 9.80. The van der Waals surface area contributed by atoms with Gasteiger partial charge in [0.25, 0.3) is 0 Å². The molecule has 10 heavy (non-hydrogen) atoms. The Morgan fingerprint density at radius 2 is 2.20 bits per heavy atom. The highest BCUT2D eigenvalue weighted by molar-refractivity contribution is 5.34. The molecule has 0 bridgehead atoms. The van der Waals surface area contributed by atoms with Crippen LogP contribution in [0.15, 0.2) is 23.3 Å². The van der Waals surface area contributed by atoms with Crippen LogP contribution in [-0.2, 0) is 0 Å². The largest absolute Gasteiger partial charge is 0.0770 e. The average molecular weight is 134 g/mol. The zero-order valence-corrected chi connectivity index (χ0v) is 6.56. The Bertz CT molecular complexity index is 192. The van der Waals surface area contributed by atoms with Crippen molar-refractivity contribution >= 4 is 0 Å². The second kappa shape index (κ2) is 2.26. The van der Waals surface area contributed by atoms with Crippen LogP contribution in [0.4, 0.5) is 0 Å². The topological polar surface area (TPSA) is 0 Å². The van der Waals surface area contributed by atoms with Crippen molar-refractivity contribution in [3.8, 4) is 0 Å². The quantitative estimate of drug-likeness (QED) is 0.517. The number of hydrogen-bond acceptors (Lipinski definition) is 0. The minimum Gasteiger partial charge on any atom is -0.0770 e. The Labute approximate surface area is 62.6 Å². The summed E-state index contributed by atoms with van der Waals surface area (Å²) in [6.45, 7) is 2.22. The molecule has 0 spiro atoms. The van der Waals surface area contributed by atoms with Gasteiger partial charge in [0.15, 0.2) is 0 Å². The molecular formula is C10H14. The van der Waals surface area contributed by atoms with Gasteiger partial charge in [0, 0.05) is 0 Å². The monoisotopic (exact) mass is 134 g/mol. The summed E-state index contributed by atoms with van der Waals surface area (Å²) in [6.07, 6.45) is 10.3. The predicted molar refractivity (Wildman–Crippen MR) is 43.8 cm³/mol. The first-order valence-corrected chi connectivity index (χ1v) is 4.23. The van der Waals surface area contributed by atoms with E-state index in [1.54, 1.807) is 11.1 Å². The van der Waals surface area contributed by atoms with Gasteiger partial charge in [0.1, 0.15) is 0 Å². The normalized spacial score (nSPS) is 25.7. The third kappa shape index (κ3) is 0.920. The molecule has 0 heterocycles. The summed E-state index contributed by atoms with van der Waals surface area (Å²) < 4.78 is 0. The fraction of sp³-hybridized carbons (Fsp3) is 0.600. The molecule has 0 aromatic rings. The van der Waals surface area contributed by atoms with Gasteiger partial charge >= 0.3 is 0 Å². The van der Waals surface area contributed by atoms with Crippen molar-refractivity contribution in [3.05, 3.63) is 23.3 Å². The first-order valence-electron chi connectivity index (χ1n) is 4.23. The van der Waals surface area contributed by atoms with E-state index in [2.05, 4.69) is 19.1 Å². The second-order valence-electron chi connectivity index (χ2n) is 3.53. The third-order valence-electron chi connectivity index (χ3n) is 2.65. The van der Waals surface area contributed by atoms with E-state index in [-0.39, 0.29) is 0 Å². The van der Waals surface area contributed by atoms with Gasteiger partial charge < -0.3 is 0 Å². The highest BCUT2D eigenvalue weighted by atomic mass is 14.3. The SMILES string of the molecule is CC1=CC(C2CCC2)=CC1. The summed E-state index contributed by atoms with van der Waals surface area (Å²) in [5.74, 6) is 0.942. The van der Waals surface area contributed by atoms with E-state index in [9.17, 15) is 0 Å². The molecule has 0 amide bonds. The molecule has 1 saturated carbocycles. The highest BCUT2D eigenvalue weighted by Crippen LogP contribution is 2.36. The standard InChI is InChI=1S/C10H14/c1-8-5-6-10(7-8)9-3-2-4-9/h6-7,9H,2-5H2,1H3. The highest BCUT2D eigenvalue weighted by Gasteiger charge is 2.21. The number of hydrogen-bond donors (Lipinski definition) is 0. The van der Waals surface area contributed by atoms with Crippen molar-refractivity contribution < 1.29 is 0 Å². The van der Waals surface area contributed by atoms with Crippen molar-refractivity contribution in [1.29, 1.82) is 0 Å². The Morgan fingerprint density at radius 1 is 1.40 bits per heavy atom. The molecule has 2 aliphatic rings. The zero-order valence-electron chi connectivity index (χ0n) is 6.56. The Morgan fingerprint density at radius 3 is 2.60 bits per heavy atom. The van der Waals surface area contributed by atoms with E-state index in [4.69, 9.17) is 0 Å². The molecule has 2 rings (SSSR count). The molecule has 0 unspecified atom stereocenters. The molecule has 0 atom stereocenters. The number of allylic oxidation sites excluding steroid dienone is 4. The molecule has 0 aromatic carbocycles. The van der Waals surface area contributed by atoms with Gasteiger partial charge in [-0.15, -0.1) is 0 Å². The number of rotatable bonds is 1. The van der Waals surface area contributed by atoms with E-state index in [1.165, 1.54) is 25.7 Å². The summed E-state index contributed by atoms with van der Waals surface area (Å²) in [6, 6.07) is 0. The Balaban J connectivity index is 2.05. The van der Waals surface area contributed by atoms with E-state index in [0.717, 1.165) is 5.92 Å². The van der Waals surface area contributed by atoms with Crippen molar-refractivity contribution in [3.63, 3.8) is 0 Å².